The molecule has 0 saturated carbocycles. The first-order valence-electron chi connectivity index (χ1n) is 20.3. The van der Waals surface area contributed by atoms with E-state index in [1.165, 1.54) is 164 Å². The Balaban J connectivity index is 0.00000375. The predicted molar refractivity (Wildman–Crippen MR) is 248 cm³/mol. The molecule has 7 aromatic rings. The molecule has 0 aliphatic rings. The molecule has 3 amide bonds. The third kappa shape index (κ3) is 15.4. The van der Waals surface area contributed by atoms with Crippen molar-refractivity contribution in [3.63, 3.8) is 0 Å². The molecule has 7 rings (SSSR count). The van der Waals surface area contributed by atoms with Gasteiger partial charge in [-0.05, 0) is 162 Å². The number of rotatable bonds is 15. The van der Waals surface area contributed by atoms with Crippen LogP contribution < -0.4 is 120 Å². The molecule has 72 heavy (non-hydrogen) atoms. The number of amides is 3. The Hall–Kier alpha value is -7.23. The fraction of sp³-hybridized carbons (Fsp3) is 0. The van der Waals surface area contributed by atoms with Crippen molar-refractivity contribution in [2.24, 2.45) is 15.0 Å². The van der Waals surface area contributed by atoms with E-state index in [4.69, 9.17) is 15.3 Å². The van der Waals surface area contributed by atoms with Crippen molar-refractivity contribution in [2.75, 3.05) is 16.0 Å². The minimum absolute atomic E-state index is 0. The summed E-state index contributed by atoms with van der Waals surface area (Å²) >= 11 is 0. The van der Waals surface area contributed by atoms with Gasteiger partial charge in [0.25, 0.3) is 17.7 Å². The van der Waals surface area contributed by atoms with E-state index in [0.717, 1.165) is 0 Å². The number of carbonyl (C=O) groups is 6. The summed E-state index contributed by atoms with van der Waals surface area (Å²) in [4.78, 5) is 86.6. The van der Waals surface area contributed by atoms with Gasteiger partial charge in [0.15, 0.2) is 0 Å². The second-order valence-corrected chi connectivity index (χ2v) is 14.7. The zero-order valence-corrected chi connectivity index (χ0v) is 44.4. The van der Waals surface area contributed by atoms with Crippen LogP contribution in [0.3, 0.4) is 0 Å². The average molecular weight is 991 g/mol. The monoisotopic (exact) mass is 990 g/mol. The minimum atomic E-state index is -1.13. The molecule has 21 heteroatoms. The number of aromatic carboxylic acids is 3. The quantitative estimate of drug-likeness (QED) is 0.0338. The molecule has 0 aromatic heterocycles. The molecular weight excluding hydrogens is 958 g/mol. The van der Waals surface area contributed by atoms with Crippen LogP contribution in [0.1, 0.15) is 78.8 Å². The molecule has 0 aliphatic heterocycles. The van der Waals surface area contributed by atoms with Crippen LogP contribution >= 0.6 is 0 Å². The third-order valence-electron chi connectivity index (χ3n) is 9.92. The molecule has 18 nitrogen and oxygen atoms in total. The molecule has 0 unspecified atom stereocenters. The van der Waals surface area contributed by atoms with Crippen LogP contribution in [-0.4, -0.2) is 68.6 Å². The number of carboxylic acids is 3. The second kappa shape index (κ2) is 26.3. The van der Waals surface area contributed by atoms with E-state index in [0.29, 0.717) is 0 Å². The number of nitrogens with one attached hydrogen (secondary N) is 3. The maximum atomic E-state index is 13.7. The summed E-state index contributed by atoms with van der Waals surface area (Å²) < 4.78 is 0. The molecule has 0 heterocycles. The second-order valence-electron chi connectivity index (χ2n) is 14.7. The fourth-order valence-corrected chi connectivity index (χ4v) is 6.30. The molecule has 7 aromatic carbocycles. The molecule has 0 aliphatic carbocycles. The van der Waals surface area contributed by atoms with E-state index in [1.807, 2.05) is 0 Å². The minimum Gasteiger partial charge on any atom is -0.858 e. The van der Waals surface area contributed by atoms with Gasteiger partial charge in [0.1, 0.15) is 0 Å². The number of carboxylic acid groups (broad SMARTS) is 3. The number of anilines is 3. The van der Waals surface area contributed by atoms with E-state index in [-0.39, 0.29) is 173 Å². The van der Waals surface area contributed by atoms with Gasteiger partial charge < -0.3 is 46.6 Å². The number of carbonyl (C=O) groups excluding carboxylic acids is 3. The van der Waals surface area contributed by atoms with Gasteiger partial charge in [-0.25, -0.2) is 14.4 Å². The molecule has 0 radical (unpaired) electrons. The first kappa shape index (κ1) is 57.3. The predicted octanol–water partition coefficient (Wildman–Crippen LogP) is -3.13. The maximum Gasteiger partial charge on any atom is 1.00 e. The molecule has 6 N–H and O–H groups in total. The summed E-state index contributed by atoms with van der Waals surface area (Å²) in [7, 11) is 0. The Bertz CT molecular complexity index is 2870. The largest absolute Gasteiger partial charge is 1.00 e. The van der Waals surface area contributed by atoms with Crippen LogP contribution in [0.15, 0.2) is 179 Å². The summed E-state index contributed by atoms with van der Waals surface area (Å²) in [5.41, 5.74) is 1.60. The summed E-state index contributed by atoms with van der Waals surface area (Å²) in [6.07, 6.45) is 0. The molecular formula is C51H33N6Na3O12. The zero-order chi connectivity index (χ0) is 49.2. The van der Waals surface area contributed by atoms with Crippen LogP contribution in [0.4, 0.5) is 34.1 Å². The van der Waals surface area contributed by atoms with Gasteiger partial charge in [-0.3, -0.25) is 29.4 Å². The van der Waals surface area contributed by atoms with E-state index in [2.05, 4.69) is 30.9 Å². The van der Waals surface area contributed by atoms with Crippen molar-refractivity contribution < 1.29 is 148 Å². The maximum absolute atomic E-state index is 13.7. The normalized spacial score (nSPS) is 11.1. The fourth-order valence-electron chi connectivity index (χ4n) is 6.30. The number of benzene rings is 7. The molecule has 0 saturated heterocycles. The molecule has 0 atom stereocenters. The van der Waals surface area contributed by atoms with Gasteiger partial charge in [0.2, 0.25) is 0 Å². The standard InChI is InChI=1S/C51H36N6O12.3Na/c58-43(52-40-19-7-31(8-20-40)49(64)65)28-1-13-37(14-2-28)55-46(61)34-25-35(47(62)56-38-15-3-29(4-16-38)44(59)53-41-21-9-32(10-22-41)50(66)67)27-36(26-34)48(63)57-39-17-5-30(6-18-39)45(60)54-42-23-11-33(12-24-42)51(68)69;;;/h1-27H,(H,52,58)(H,53,59)(H,54,60)(H,55,61)(H,56,62)(H,57,63)(H,64,65)(H,66,67)(H,68,69);;;/q;3*+1/p-3. The molecule has 0 spiro atoms. The van der Waals surface area contributed by atoms with E-state index in [1.54, 1.807) is 0 Å². The van der Waals surface area contributed by atoms with Gasteiger partial charge in [0, 0.05) is 33.8 Å². The van der Waals surface area contributed by atoms with Gasteiger partial charge >= 0.3 is 107 Å². The first-order chi connectivity index (χ1) is 33.1. The van der Waals surface area contributed by atoms with E-state index < -0.39 is 53.3 Å². The summed E-state index contributed by atoms with van der Waals surface area (Å²) in [6, 6.07) is 37.0. The Labute approximate surface area is 475 Å². The first-order valence-corrected chi connectivity index (χ1v) is 20.3. The third-order valence-corrected chi connectivity index (χ3v) is 9.92. The van der Waals surface area contributed by atoms with Gasteiger partial charge in [-0.1, -0.05) is 36.4 Å². The van der Waals surface area contributed by atoms with Crippen molar-refractivity contribution >= 4 is 87.4 Å². The molecule has 342 valence electrons. The molecule has 0 bridgehead atoms. The number of nitrogens with zero attached hydrogens (tertiary/aromatic N) is 3. The summed E-state index contributed by atoms with van der Waals surface area (Å²) in [6.45, 7) is 0. The molecule has 0 fully saturated rings. The van der Waals surface area contributed by atoms with Crippen molar-refractivity contribution in [2.45, 2.75) is 0 Å². The van der Waals surface area contributed by atoms with Crippen LogP contribution in [0.25, 0.3) is 0 Å². The summed E-state index contributed by atoms with van der Waals surface area (Å²) in [5, 5.41) is 73.8. The van der Waals surface area contributed by atoms with E-state index >= 15 is 0 Å². The summed E-state index contributed by atoms with van der Waals surface area (Å²) in [5.74, 6) is -7.51. The number of hydrogen-bond donors (Lipinski definition) is 6. The van der Waals surface area contributed by atoms with Gasteiger partial charge in [0.05, 0.1) is 33.8 Å². The van der Waals surface area contributed by atoms with E-state index in [9.17, 15) is 44.1 Å². The van der Waals surface area contributed by atoms with Crippen LogP contribution in [0.5, 0.6) is 0 Å². The van der Waals surface area contributed by atoms with Crippen LogP contribution in [0, 0.1) is 0 Å². The van der Waals surface area contributed by atoms with Crippen LogP contribution in [0.2, 0.25) is 0 Å². The van der Waals surface area contributed by atoms with Crippen LogP contribution in [-0.2, 0) is 0 Å². The van der Waals surface area contributed by atoms with Crippen molar-refractivity contribution in [1.82, 2.24) is 0 Å². The smallest absolute Gasteiger partial charge is 0.858 e. The van der Waals surface area contributed by atoms with Gasteiger partial charge in [-0.2, -0.15) is 0 Å². The number of hydrogen-bond acceptors (Lipinski definition) is 12. The Kier molecular flexibility index (Phi) is 20.9. The Morgan fingerprint density at radius 3 is 0.694 bits per heavy atom. The van der Waals surface area contributed by atoms with Crippen molar-refractivity contribution in [1.29, 1.82) is 0 Å². The average Bonchev–Trinajstić information content (AvgIpc) is 3.35. The topological polar surface area (TPSA) is 305 Å². The zero-order valence-electron chi connectivity index (χ0n) is 38.4. The van der Waals surface area contributed by atoms with Crippen molar-refractivity contribution in [3.05, 3.63) is 214 Å². The Morgan fingerprint density at radius 2 is 0.500 bits per heavy atom. The van der Waals surface area contributed by atoms with Gasteiger partial charge in [-0.15, -0.1) is 0 Å². The number of aliphatic imine (C=N–C) groups is 3. The van der Waals surface area contributed by atoms with Crippen molar-refractivity contribution in [3.8, 4) is 0 Å². The SMILES string of the molecule is O=C(O)c1ccc(N=C([O-])c2ccc(NC(=O)c3cc(C(=O)Nc4ccc(C([O-])=Nc5ccc(C(=O)O)cc5)cc4)cc(C(=O)Nc4ccc(C([O-])=Nc5ccc(C(=O)O)cc5)cc4)c3)cc2)cc1.[Na+].[Na+].[Na+]. The Morgan fingerprint density at radius 1 is 0.306 bits per heavy atom.